The summed E-state index contributed by atoms with van der Waals surface area (Å²) in [6.45, 7) is 2.16. The number of aryl methyl sites for hydroxylation is 1. The van der Waals surface area contributed by atoms with E-state index in [1.54, 1.807) is 0 Å². The number of nitrogens with one attached hydrogen (secondary N) is 1. The molecule has 31 heavy (non-hydrogen) atoms. The molecule has 3 fully saturated rings. The highest BCUT2D eigenvalue weighted by Crippen LogP contribution is 2.63. The second-order valence-electron chi connectivity index (χ2n) is 9.40. The first-order valence-electron chi connectivity index (χ1n) is 11.5. The number of imidazole rings is 1. The number of carbonyl (C=O) groups is 2. The Balaban J connectivity index is 1.46. The molecular weight excluding hydrogens is 390 g/mol. The van der Waals surface area contributed by atoms with Crippen LogP contribution in [-0.4, -0.2) is 46.9 Å². The van der Waals surface area contributed by atoms with E-state index >= 15 is 0 Å². The van der Waals surface area contributed by atoms with Crippen LogP contribution in [0.1, 0.15) is 71.7 Å². The lowest BCUT2D eigenvalue weighted by Gasteiger charge is -2.51. The average Bonchev–Trinajstić information content (AvgIpc) is 3.25. The van der Waals surface area contributed by atoms with E-state index in [1.807, 2.05) is 36.2 Å². The lowest BCUT2D eigenvalue weighted by molar-refractivity contribution is -0.134. The Bertz CT molecular complexity index is 996. The Kier molecular flexibility index (Phi) is 5.11. The highest BCUT2D eigenvalue weighted by Gasteiger charge is 2.65. The van der Waals surface area contributed by atoms with Crippen LogP contribution < -0.4 is 0 Å². The topological polar surface area (TPSA) is 75.3 Å². The number of nitrogens with zero attached hydrogens (tertiary/aromatic N) is 2. The number of hydrogen-bond acceptors (Lipinski definition) is 4. The smallest absolute Gasteiger partial charge is 0.337 e. The first kappa shape index (κ1) is 20.3. The van der Waals surface area contributed by atoms with Crippen LogP contribution in [0.25, 0.3) is 0 Å². The van der Waals surface area contributed by atoms with Crippen LogP contribution in [0.15, 0.2) is 24.3 Å². The maximum atomic E-state index is 13.1. The van der Waals surface area contributed by atoms with Gasteiger partial charge in [0.1, 0.15) is 5.82 Å². The van der Waals surface area contributed by atoms with Gasteiger partial charge in [-0.1, -0.05) is 25.5 Å². The summed E-state index contributed by atoms with van der Waals surface area (Å²) in [4.78, 5) is 35.5. The zero-order valence-corrected chi connectivity index (χ0v) is 18.6. The van der Waals surface area contributed by atoms with Gasteiger partial charge in [-0.3, -0.25) is 4.79 Å². The molecule has 6 nitrogen and oxygen atoms in total. The monoisotopic (exact) mass is 421 g/mol. The van der Waals surface area contributed by atoms with Crippen molar-refractivity contribution >= 4 is 11.9 Å². The molecule has 0 bridgehead atoms. The van der Waals surface area contributed by atoms with E-state index in [0.29, 0.717) is 29.3 Å². The SMILES string of the molecule is CCCc1nc(C2C3CCCC4C3C2C(=O)N4C)c(Cc2ccc(C(=O)OC)cc2)[nH]1. The van der Waals surface area contributed by atoms with E-state index in [2.05, 4.69) is 11.9 Å². The quantitative estimate of drug-likeness (QED) is 0.722. The number of methoxy groups -OCH3 is 1. The van der Waals surface area contributed by atoms with Crippen molar-refractivity contribution in [3.8, 4) is 0 Å². The third-order valence-corrected chi connectivity index (χ3v) is 7.79. The van der Waals surface area contributed by atoms with Gasteiger partial charge in [-0.15, -0.1) is 0 Å². The van der Waals surface area contributed by atoms with Gasteiger partial charge in [0.2, 0.25) is 5.91 Å². The number of esters is 1. The van der Waals surface area contributed by atoms with Crippen LogP contribution >= 0.6 is 0 Å². The molecule has 1 amide bonds. The molecule has 5 unspecified atom stereocenters. The Morgan fingerprint density at radius 3 is 2.71 bits per heavy atom. The Labute approximate surface area is 183 Å². The predicted molar refractivity (Wildman–Crippen MR) is 117 cm³/mol. The maximum absolute atomic E-state index is 13.1. The van der Waals surface area contributed by atoms with Crippen molar-refractivity contribution in [1.82, 2.24) is 14.9 Å². The number of likely N-dealkylation sites (tertiary alicyclic amines) is 1. The molecule has 1 saturated heterocycles. The molecule has 5 atom stereocenters. The lowest BCUT2D eigenvalue weighted by Crippen LogP contribution is -2.50. The standard InChI is InChI=1S/C25H31N3O3/c1-4-6-19-26-17(13-14-9-11-15(12-10-14)25(30)31-3)23(27-19)21-16-7-5-8-18-20(16)22(21)24(29)28(18)2/h9-12,16,18,20-22H,4-8,13H2,1-3H3,(H,26,27). The van der Waals surface area contributed by atoms with Crippen LogP contribution in [-0.2, 0) is 22.4 Å². The fraction of sp³-hybridized carbons (Fsp3) is 0.560. The molecule has 164 valence electrons. The van der Waals surface area contributed by atoms with Gasteiger partial charge in [0.15, 0.2) is 0 Å². The number of rotatable bonds is 6. The van der Waals surface area contributed by atoms with E-state index in [9.17, 15) is 9.59 Å². The van der Waals surface area contributed by atoms with Gasteiger partial charge in [0, 0.05) is 37.5 Å². The minimum Gasteiger partial charge on any atom is -0.465 e. The van der Waals surface area contributed by atoms with Gasteiger partial charge >= 0.3 is 5.97 Å². The summed E-state index contributed by atoms with van der Waals surface area (Å²) in [6.07, 6.45) is 6.21. The van der Waals surface area contributed by atoms with E-state index in [1.165, 1.54) is 20.0 Å². The molecule has 1 N–H and O–H groups in total. The van der Waals surface area contributed by atoms with Crippen molar-refractivity contribution in [2.45, 2.75) is 57.4 Å². The third kappa shape index (κ3) is 3.19. The van der Waals surface area contributed by atoms with Crippen molar-refractivity contribution in [1.29, 1.82) is 0 Å². The van der Waals surface area contributed by atoms with Gasteiger partial charge in [0.25, 0.3) is 0 Å². The Morgan fingerprint density at radius 1 is 1.23 bits per heavy atom. The van der Waals surface area contributed by atoms with Crippen LogP contribution in [0.3, 0.4) is 0 Å². The van der Waals surface area contributed by atoms with E-state index in [0.717, 1.165) is 48.5 Å². The predicted octanol–water partition coefficient (Wildman–Crippen LogP) is 3.71. The molecule has 6 heteroatoms. The normalized spacial score (nSPS) is 28.9. The molecular formula is C25H31N3O3. The van der Waals surface area contributed by atoms with Crippen LogP contribution in [0.4, 0.5) is 0 Å². The summed E-state index contributed by atoms with van der Waals surface area (Å²) in [5, 5.41) is 0. The molecule has 0 radical (unpaired) electrons. The highest BCUT2D eigenvalue weighted by molar-refractivity contribution is 5.89. The van der Waals surface area contributed by atoms with Crippen molar-refractivity contribution < 1.29 is 14.3 Å². The molecule has 1 aliphatic heterocycles. The molecule has 2 heterocycles. The largest absolute Gasteiger partial charge is 0.465 e. The van der Waals surface area contributed by atoms with Gasteiger partial charge in [-0.05, 0) is 48.8 Å². The number of aromatic nitrogens is 2. The Hall–Kier alpha value is -2.63. The first-order valence-corrected chi connectivity index (χ1v) is 11.5. The molecule has 3 aliphatic rings. The first-order chi connectivity index (χ1) is 15.0. The molecule has 1 aromatic carbocycles. The lowest BCUT2D eigenvalue weighted by atomic mass is 9.51. The van der Waals surface area contributed by atoms with Crippen LogP contribution in [0.5, 0.6) is 0 Å². The number of benzene rings is 1. The van der Waals surface area contributed by atoms with Gasteiger partial charge in [0.05, 0.1) is 24.3 Å². The van der Waals surface area contributed by atoms with Crippen molar-refractivity contribution in [2.75, 3.05) is 14.2 Å². The Morgan fingerprint density at radius 2 is 2.00 bits per heavy atom. The van der Waals surface area contributed by atoms with Crippen molar-refractivity contribution in [3.05, 3.63) is 52.6 Å². The van der Waals surface area contributed by atoms with Crippen molar-refractivity contribution in [2.24, 2.45) is 17.8 Å². The molecule has 2 saturated carbocycles. The number of aromatic amines is 1. The zero-order valence-electron chi connectivity index (χ0n) is 18.6. The number of H-pyrrole nitrogens is 1. The van der Waals surface area contributed by atoms with Gasteiger partial charge in [-0.25, -0.2) is 9.78 Å². The second kappa shape index (κ2) is 7.81. The minimum absolute atomic E-state index is 0.0959. The maximum Gasteiger partial charge on any atom is 0.337 e. The van der Waals surface area contributed by atoms with Crippen molar-refractivity contribution in [3.63, 3.8) is 0 Å². The number of ether oxygens (including phenoxy) is 1. The minimum atomic E-state index is -0.324. The van der Waals surface area contributed by atoms with Gasteiger partial charge < -0.3 is 14.6 Å². The summed E-state index contributed by atoms with van der Waals surface area (Å²) in [7, 11) is 3.38. The molecule has 0 spiro atoms. The molecule has 2 aliphatic carbocycles. The molecule has 2 aromatic rings. The summed E-state index contributed by atoms with van der Waals surface area (Å²) in [6, 6.07) is 8.00. The fourth-order valence-electron chi connectivity index (χ4n) is 6.38. The van der Waals surface area contributed by atoms with Gasteiger partial charge in [-0.2, -0.15) is 0 Å². The number of amides is 1. The summed E-state index contributed by atoms with van der Waals surface area (Å²) >= 11 is 0. The molecule has 5 rings (SSSR count). The third-order valence-electron chi connectivity index (χ3n) is 7.79. The van der Waals surface area contributed by atoms with Crippen LogP contribution in [0.2, 0.25) is 0 Å². The number of carbonyl (C=O) groups excluding carboxylic acids is 2. The summed E-state index contributed by atoms with van der Waals surface area (Å²) < 4.78 is 4.80. The van der Waals surface area contributed by atoms with E-state index in [-0.39, 0.29) is 17.8 Å². The van der Waals surface area contributed by atoms with E-state index in [4.69, 9.17) is 9.72 Å². The fourth-order valence-corrected chi connectivity index (χ4v) is 6.38. The van der Waals surface area contributed by atoms with Crippen LogP contribution in [0, 0.1) is 17.8 Å². The average molecular weight is 422 g/mol. The summed E-state index contributed by atoms with van der Waals surface area (Å²) in [5.41, 5.74) is 3.91. The van der Waals surface area contributed by atoms with E-state index < -0.39 is 0 Å². The molecule has 1 aromatic heterocycles. The second-order valence-corrected chi connectivity index (χ2v) is 9.40. The number of hydrogen-bond donors (Lipinski definition) is 1. The zero-order chi connectivity index (χ0) is 21.7. The highest BCUT2D eigenvalue weighted by atomic mass is 16.5. The summed E-state index contributed by atoms with van der Waals surface area (Å²) in [5.74, 6) is 2.41.